The number of hydrogen-bond donors (Lipinski definition) is 3. The van der Waals surface area contributed by atoms with Gasteiger partial charge in [0.15, 0.2) is 0 Å². The Balaban J connectivity index is 1.45. The number of halogens is 2. The molecule has 0 radical (unpaired) electrons. The molecule has 9 heteroatoms. The largest absolute Gasteiger partial charge is 0.494 e. The van der Waals surface area contributed by atoms with Gasteiger partial charge in [0.2, 0.25) is 5.91 Å². The lowest BCUT2D eigenvalue weighted by Crippen LogP contribution is -2.28. The van der Waals surface area contributed by atoms with Gasteiger partial charge in [0.25, 0.3) is 11.8 Å². The maximum absolute atomic E-state index is 13.6. The van der Waals surface area contributed by atoms with E-state index in [1.165, 1.54) is 0 Å². The molecular weight excluding hydrogens is 444 g/mol. The highest BCUT2D eigenvalue weighted by Gasteiger charge is 2.13. The van der Waals surface area contributed by atoms with Crippen LogP contribution in [0, 0.1) is 11.6 Å². The summed E-state index contributed by atoms with van der Waals surface area (Å²) in [5, 5.41) is 7.84. The monoisotopic (exact) mass is 467 g/mol. The quantitative estimate of drug-likeness (QED) is 0.435. The third kappa shape index (κ3) is 6.86. The maximum Gasteiger partial charge on any atom is 0.255 e. The summed E-state index contributed by atoms with van der Waals surface area (Å²) in [4.78, 5) is 36.5. The van der Waals surface area contributed by atoms with Crippen LogP contribution in [0.2, 0.25) is 0 Å². The summed E-state index contributed by atoms with van der Waals surface area (Å²) in [6.07, 6.45) is -0.0610. The van der Waals surface area contributed by atoms with Gasteiger partial charge in [-0.3, -0.25) is 14.4 Å². The zero-order chi connectivity index (χ0) is 24.5. The number of carbonyl (C=O) groups is 3. The standard InChI is InChI=1S/C25H23F2N3O4/c1-2-34-20-10-8-19(9-11-20)30-24(32)16-3-6-18(7-4-16)29-23(31)13-14-28-25(33)21-12-5-17(26)15-22(21)27/h3-12,15H,2,13-14H2,1H3,(H,28,33)(H,29,31)(H,30,32). The molecule has 0 aliphatic rings. The van der Waals surface area contributed by atoms with Crippen molar-refractivity contribution in [3.63, 3.8) is 0 Å². The zero-order valence-electron chi connectivity index (χ0n) is 18.4. The predicted octanol–water partition coefficient (Wildman–Crippen LogP) is 4.37. The lowest BCUT2D eigenvalue weighted by Gasteiger charge is -2.09. The van der Waals surface area contributed by atoms with Crippen molar-refractivity contribution in [3.8, 4) is 5.75 Å². The van der Waals surface area contributed by atoms with E-state index in [1.54, 1.807) is 48.5 Å². The molecule has 0 bridgehead atoms. The number of ether oxygens (including phenoxy) is 1. The van der Waals surface area contributed by atoms with Crippen LogP contribution in [0.4, 0.5) is 20.2 Å². The van der Waals surface area contributed by atoms with Crippen LogP contribution >= 0.6 is 0 Å². The molecule has 0 heterocycles. The minimum Gasteiger partial charge on any atom is -0.494 e. The minimum absolute atomic E-state index is 0.0376. The van der Waals surface area contributed by atoms with E-state index >= 15 is 0 Å². The first-order valence-corrected chi connectivity index (χ1v) is 10.5. The number of nitrogens with one attached hydrogen (secondary N) is 3. The van der Waals surface area contributed by atoms with E-state index < -0.39 is 17.5 Å². The minimum atomic E-state index is -0.978. The molecule has 0 aliphatic carbocycles. The second-order valence-electron chi connectivity index (χ2n) is 7.17. The fourth-order valence-electron chi connectivity index (χ4n) is 2.99. The van der Waals surface area contributed by atoms with E-state index in [-0.39, 0.29) is 30.3 Å². The molecule has 3 aromatic rings. The SMILES string of the molecule is CCOc1ccc(NC(=O)c2ccc(NC(=O)CCNC(=O)c3ccc(F)cc3F)cc2)cc1. The topological polar surface area (TPSA) is 96.5 Å². The number of carbonyl (C=O) groups excluding carboxylic acids is 3. The first kappa shape index (κ1) is 24.4. The summed E-state index contributed by atoms with van der Waals surface area (Å²) >= 11 is 0. The van der Waals surface area contributed by atoms with E-state index in [4.69, 9.17) is 4.74 Å². The van der Waals surface area contributed by atoms with Crippen molar-refractivity contribution in [1.29, 1.82) is 0 Å². The summed E-state index contributed by atoms with van der Waals surface area (Å²) in [5.74, 6) is -2.48. The average molecular weight is 467 g/mol. The van der Waals surface area contributed by atoms with Crippen molar-refractivity contribution in [1.82, 2.24) is 5.32 Å². The molecule has 7 nitrogen and oxygen atoms in total. The van der Waals surface area contributed by atoms with Crippen LogP contribution in [-0.4, -0.2) is 30.9 Å². The van der Waals surface area contributed by atoms with Crippen molar-refractivity contribution in [2.75, 3.05) is 23.8 Å². The highest BCUT2D eigenvalue weighted by atomic mass is 19.1. The van der Waals surface area contributed by atoms with E-state index in [0.717, 1.165) is 12.1 Å². The summed E-state index contributed by atoms with van der Waals surface area (Å²) in [5.41, 5.74) is 1.19. The fourth-order valence-corrected chi connectivity index (χ4v) is 2.99. The Morgan fingerprint density at radius 2 is 1.47 bits per heavy atom. The zero-order valence-corrected chi connectivity index (χ0v) is 18.4. The van der Waals surface area contributed by atoms with E-state index in [1.807, 2.05) is 6.92 Å². The van der Waals surface area contributed by atoms with Crippen molar-refractivity contribution < 1.29 is 27.9 Å². The van der Waals surface area contributed by atoms with Crippen molar-refractivity contribution in [2.45, 2.75) is 13.3 Å². The van der Waals surface area contributed by atoms with Gasteiger partial charge in [-0.2, -0.15) is 0 Å². The molecule has 3 aromatic carbocycles. The highest BCUT2D eigenvalue weighted by Crippen LogP contribution is 2.17. The normalized spacial score (nSPS) is 10.3. The number of anilines is 2. The first-order valence-electron chi connectivity index (χ1n) is 10.5. The number of rotatable bonds is 9. The molecular formula is C25H23F2N3O4. The third-order valence-corrected chi connectivity index (χ3v) is 4.67. The van der Waals surface area contributed by atoms with E-state index in [2.05, 4.69) is 16.0 Å². The van der Waals surface area contributed by atoms with Gasteiger partial charge in [0.05, 0.1) is 12.2 Å². The van der Waals surface area contributed by atoms with Gasteiger partial charge in [-0.15, -0.1) is 0 Å². The summed E-state index contributed by atoms with van der Waals surface area (Å²) in [6, 6.07) is 15.9. The second-order valence-corrected chi connectivity index (χ2v) is 7.17. The third-order valence-electron chi connectivity index (χ3n) is 4.67. The Morgan fingerprint density at radius 3 is 2.12 bits per heavy atom. The molecule has 34 heavy (non-hydrogen) atoms. The molecule has 0 aromatic heterocycles. The molecule has 0 saturated carbocycles. The van der Waals surface area contributed by atoms with E-state index in [0.29, 0.717) is 35.4 Å². The van der Waals surface area contributed by atoms with Crippen LogP contribution in [0.3, 0.4) is 0 Å². The Labute approximate surface area is 195 Å². The number of amides is 3. The van der Waals surface area contributed by atoms with Gasteiger partial charge in [0, 0.05) is 36.0 Å². The molecule has 0 fully saturated rings. The second kappa shape index (κ2) is 11.6. The number of benzene rings is 3. The molecule has 0 unspecified atom stereocenters. The molecule has 3 rings (SSSR count). The van der Waals surface area contributed by atoms with Crippen molar-refractivity contribution in [2.24, 2.45) is 0 Å². The first-order chi connectivity index (χ1) is 16.4. The maximum atomic E-state index is 13.6. The van der Waals surface area contributed by atoms with Gasteiger partial charge in [-0.1, -0.05) is 0 Å². The summed E-state index contributed by atoms with van der Waals surface area (Å²) < 4.78 is 31.9. The van der Waals surface area contributed by atoms with Gasteiger partial charge >= 0.3 is 0 Å². The van der Waals surface area contributed by atoms with Crippen molar-refractivity contribution in [3.05, 3.63) is 89.5 Å². The average Bonchev–Trinajstić information content (AvgIpc) is 2.81. The summed E-state index contributed by atoms with van der Waals surface area (Å²) in [7, 11) is 0. The molecule has 0 atom stereocenters. The lowest BCUT2D eigenvalue weighted by atomic mass is 10.2. The van der Waals surface area contributed by atoms with E-state index in [9.17, 15) is 23.2 Å². The molecule has 0 saturated heterocycles. The summed E-state index contributed by atoms with van der Waals surface area (Å²) in [6.45, 7) is 2.40. The Kier molecular flexibility index (Phi) is 8.28. The van der Waals surface area contributed by atoms with Crippen molar-refractivity contribution >= 4 is 29.1 Å². The molecule has 3 amide bonds. The fraction of sp³-hybridized carbons (Fsp3) is 0.160. The molecule has 0 spiro atoms. The van der Waals surface area contributed by atoms with Gasteiger partial charge in [0.1, 0.15) is 17.4 Å². The lowest BCUT2D eigenvalue weighted by molar-refractivity contribution is -0.116. The molecule has 3 N–H and O–H groups in total. The van der Waals surface area contributed by atoms with Crippen LogP contribution in [0.25, 0.3) is 0 Å². The highest BCUT2D eigenvalue weighted by molar-refractivity contribution is 6.04. The molecule has 176 valence electrons. The predicted molar refractivity (Wildman–Crippen MR) is 124 cm³/mol. The van der Waals surface area contributed by atoms with Gasteiger partial charge < -0.3 is 20.7 Å². The van der Waals surface area contributed by atoms with Crippen LogP contribution in [0.15, 0.2) is 66.7 Å². The van der Waals surface area contributed by atoms with Crippen LogP contribution in [0.1, 0.15) is 34.1 Å². The van der Waals surface area contributed by atoms with Crippen LogP contribution < -0.4 is 20.7 Å². The van der Waals surface area contributed by atoms with Crippen LogP contribution in [-0.2, 0) is 4.79 Å². The Morgan fingerprint density at radius 1 is 0.824 bits per heavy atom. The van der Waals surface area contributed by atoms with Crippen LogP contribution in [0.5, 0.6) is 5.75 Å². The van der Waals surface area contributed by atoms with Gasteiger partial charge in [-0.05, 0) is 67.6 Å². The Bertz CT molecular complexity index is 1170. The molecule has 0 aliphatic heterocycles. The van der Waals surface area contributed by atoms with Gasteiger partial charge in [-0.25, -0.2) is 8.78 Å². The Hall–Kier alpha value is -4.27. The number of hydrogen-bond acceptors (Lipinski definition) is 4. The smallest absolute Gasteiger partial charge is 0.255 e.